The molecule has 0 spiro atoms. The van der Waals surface area contributed by atoms with Gasteiger partial charge in [0, 0.05) is 10.8 Å². The molecule has 3 aromatic rings. The summed E-state index contributed by atoms with van der Waals surface area (Å²) in [5.41, 5.74) is -5.65. The van der Waals surface area contributed by atoms with Gasteiger partial charge in [-0.2, -0.15) is 26.3 Å². The first-order chi connectivity index (χ1) is 12.6. The van der Waals surface area contributed by atoms with E-state index < -0.39 is 37.5 Å². The molecule has 154 valence electrons. The van der Waals surface area contributed by atoms with Gasteiger partial charge in [0.05, 0.1) is 10.5 Å². The van der Waals surface area contributed by atoms with E-state index in [4.69, 9.17) is 13.0 Å². The molecule has 0 radical (unpaired) electrons. The van der Waals surface area contributed by atoms with Crippen molar-refractivity contribution in [2.45, 2.75) is 16.9 Å². The van der Waals surface area contributed by atoms with Crippen LogP contribution >= 0.6 is 10.5 Å². The van der Waals surface area contributed by atoms with Gasteiger partial charge in [-0.1, -0.05) is 24.3 Å². The lowest BCUT2D eigenvalue weighted by Crippen LogP contribution is -2.29. The van der Waals surface area contributed by atoms with Gasteiger partial charge in [-0.05, 0) is 24.3 Å². The van der Waals surface area contributed by atoms with Crippen molar-refractivity contribution < 1.29 is 48.1 Å². The van der Waals surface area contributed by atoms with Gasteiger partial charge in [0.1, 0.15) is 0 Å². The lowest BCUT2D eigenvalue weighted by atomic mass is 10.2. The maximum atomic E-state index is 13.9. The molecule has 13 heteroatoms. The number of hydrogen-bond donors (Lipinski definition) is 0. The van der Waals surface area contributed by atoms with Crippen molar-refractivity contribution in [3.8, 4) is 0 Å². The maximum Gasteiger partial charge on any atom is 0.530 e. The second-order valence-corrected chi connectivity index (χ2v) is 8.59. The number of hydrogen-bond acceptors (Lipinski definition) is 3. The molecule has 3 rings (SSSR count). The number of rotatable bonds is 1. The average molecular weight is 452 g/mol. The number of fused-ring (bicyclic) bond motifs is 3. The summed E-state index contributed by atoms with van der Waals surface area (Å²) in [7, 11) is -8.41. The van der Waals surface area contributed by atoms with E-state index in [0.717, 1.165) is 0 Å². The molecule has 0 aliphatic heterocycles. The van der Waals surface area contributed by atoms with E-state index in [2.05, 4.69) is 0 Å². The van der Waals surface area contributed by atoms with Crippen molar-refractivity contribution in [3.63, 3.8) is 0 Å². The van der Waals surface area contributed by atoms with E-state index in [9.17, 15) is 35.1 Å². The maximum absolute atomic E-state index is 13.9. The van der Waals surface area contributed by atoms with Gasteiger partial charge in [0.2, 0.25) is 0 Å². The highest BCUT2D eigenvalue weighted by Crippen LogP contribution is 2.59. The molecular formula is C15H8F8O3S2. The van der Waals surface area contributed by atoms with E-state index in [1.807, 2.05) is 0 Å². The van der Waals surface area contributed by atoms with E-state index in [1.54, 1.807) is 24.3 Å². The summed E-state index contributed by atoms with van der Waals surface area (Å²) in [4.78, 5) is 0. The monoisotopic (exact) mass is 452 g/mol. The smallest absolute Gasteiger partial charge is 0.530 e. The molecule has 0 saturated carbocycles. The van der Waals surface area contributed by atoms with Crippen molar-refractivity contribution in [1.82, 2.24) is 0 Å². The number of benzene rings is 2. The third kappa shape index (κ3) is 4.05. The molecule has 0 bridgehead atoms. The Morgan fingerprint density at radius 2 is 1.04 bits per heavy atom. The topological polar surface area (TPSA) is 57.2 Å². The molecule has 0 amide bonds. The Kier molecular flexibility index (Phi) is 5.67. The third-order valence-corrected chi connectivity index (χ3v) is 6.28. The van der Waals surface area contributed by atoms with E-state index in [1.165, 1.54) is 24.3 Å². The van der Waals surface area contributed by atoms with Gasteiger partial charge in [-0.25, -0.2) is 8.42 Å². The lowest BCUT2D eigenvalue weighted by molar-refractivity contribution is -0.264. The van der Waals surface area contributed by atoms with Crippen molar-refractivity contribution in [3.05, 3.63) is 48.5 Å². The molecule has 0 saturated heterocycles. The molecule has 0 unspecified atom stereocenters. The van der Waals surface area contributed by atoms with E-state index in [0.29, 0.717) is 10.8 Å². The minimum atomic E-state index is -6.09. The minimum absolute atomic E-state index is 0.0519. The summed E-state index contributed by atoms with van der Waals surface area (Å²) in [6, 6.07) is 12.1. The van der Waals surface area contributed by atoms with Crippen LogP contribution in [-0.2, 0) is 15.4 Å². The van der Waals surface area contributed by atoms with E-state index in [-0.39, 0.29) is 9.40 Å². The van der Waals surface area contributed by atoms with Gasteiger partial charge >= 0.3 is 16.9 Å². The highest BCUT2D eigenvalue weighted by atomic mass is 32.2. The fourth-order valence-corrected chi connectivity index (χ4v) is 4.49. The second-order valence-electron chi connectivity index (χ2n) is 5.21. The number of halogens is 8. The van der Waals surface area contributed by atoms with Crippen LogP contribution in [-0.4, -0.2) is 24.7 Å². The average Bonchev–Trinajstić information content (AvgIpc) is 2.87. The van der Waals surface area contributed by atoms with Crippen molar-refractivity contribution in [2.24, 2.45) is 0 Å². The highest BCUT2D eigenvalue weighted by molar-refractivity contribution is 7.86. The largest absolute Gasteiger partial charge is 0.741 e. The molecule has 0 fully saturated rings. The molecule has 0 N–H and O–H groups in total. The summed E-state index contributed by atoms with van der Waals surface area (Å²) in [6.45, 7) is 0. The zero-order chi connectivity index (χ0) is 21.5. The van der Waals surface area contributed by atoms with Crippen LogP contribution < -0.4 is 0 Å². The first-order valence-electron chi connectivity index (χ1n) is 6.98. The summed E-state index contributed by atoms with van der Waals surface area (Å²) >= 11 is 0. The van der Waals surface area contributed by atoms with Crippen molar-refractivity contribution in [1.29, 1.82) is 0 Å². The summed E-state index contributed by atoms with van der Waals surface area (Å²) in [5.74, 6) is 0. The fourth-order valence-electron chi connectivity index (χ4n) is 2.24. The highest BCUT2D eigenvalue weighted by Gasteiger charge is 2.69. The van der Waals surface area contributed by atoms with Gasteiger partial charge in [-0.3, -0.25) is 0 Å². The minimum Gasteiger partial charge on any atom is -0.741 e. The second kappa shape index (κ2) is 7.12. The van der Waals surface area contributed by atoms with Crippen LogP contribution in [0.5, 0.6) is 0 Å². The SMILES string of the molecule is FC(F)(F)C(F)(F)[s+]1c2ccccc2c2ccccc21.O=S(=O)([O-])C(F)(F)F. The predicted octanol–water partition coefficient (Wildman–Crippen LogP) is 5.91. The molecule has 0 aliphatic rings. The lowest BCUT2D eigenvalue weighted by Gasteiger charge is -2.12. The molecule has 1 aromatic heterocycles. The quantitative estimate of drug-likeness (QED) is 0.200. The summed E-state index contributed by atoms with van der Waals surface area (Å²) in [6.07, 6.45) is -5.57. The number of thiophene rings is 1. The number of alkyl halides is 8. The van der Waals surface area contributed by atoms with Crippen LogP contribution in [0, 0.1) is 0 Å². The Balaban J connectivity index is 0.000000300. The molecule has 0 atom stereocenters. The molecule has 0 aliphatic carbocycles. The van der Waals surface area contributed by atoms with Crippen LogP contribution in [0.4, 0.5) is 35.1 Å². The normalized spacial score (nSPS) is 13.5. The van der Waals surface area contributed by atoms with Crippen LogP contribution in [0.3, 0.4) is 0 Å². The van der Waals surface area contributed by atoms with Crippen LogP contribution in [0.15, 0.2) is 48.5 Å². The predicted molar refractivity (Wildman–Crippen MR) is 85.9 cm³/mol. The Morgan fingerprint density at radius 1 is 0.714 bits per heavy atom. The first kappa shape index (κ1) is 22.3. The Hall–Kier alpha value is -1.99. The molecule has 2 aromatic carbocycles. The van der Waals surface area contributed by atoms with Crippen molar-refractivity contribution >= 4 is 40.8 Å². The standard InChI is InChI=1S/C14H8F5S.CHF3O3S/c15-13(16,17)14(18,19)20-11-7-3-1-5-9(11)10-6-2-4-8-12(10)20;2-1(3,4)8(5,6)7/h1-8H;(H,5,6,7)/q+1;/p-1. The van der Waals surface area contributed by atoms with E-state index >= 15 is 0 Å². The van der Waals surface area contributed by atoms with Gasteiger partial charge in [0.15, 0.2) is 19.5 Å². The Bertz CT molecular complexity index is 1040. The summed E-state index contributed by atoms with van der Waals surface area (Å²) < 4.78 is 125. The first-order valence-corrected chi connectivity index (χ1v) is 9.62. The zero-order valence-electron chi connectivity index (χ0n) is 13.2. The van der Waals surface area contributed by atoms with Crippen LogP contribution in [0.25, 0.3) is 20.2 Å². The Labute approximate surface area is 154 Å². The molecule has 1 heterocycles. The molecule has 28 heavy (non-hydrogen) atoms. The van der Waals surface area contributed by atoms with Gasteiger partial charge in [0.25, 0.3) is 0 Å². The Morgan fingerprint density at radius 3 is 1.32 bits per heavy atom. The van der Waals surface area contributed by atoms with Gasteiger partial charge < -0.3 is 4.55 Å². The third-order valence-electron chi connectivity index (χ3n) is 3.37. The fraction of sp³-hybridized carbons (Fsp3) is 0.200. The van der Waals surface area contributed by atoms with Gasteiger partial charge in [-0.15, -0.1) is 8.78 Å². The van der Waals surface area contributed by atoms with Crippen LogP contribution in [0.1, 0.15) is 0 Å². The zero-order valence-corrected chi connectivity index (χ0v) is 14.8. The molecular weight excluding hydrogens is 444 g/mol. The van der Waals surface area contributed by atoms with Crippen molar-refractivity contribution in [2.75, 3.05) is 0 Å². The molecule has 3 nitrogen and oxygen atoms in total. The van der Waals surface area contributed by atoms with Crippen LogP contribution in [0.2, 0.25) is 0 Å². The summed E-state index contributed by atoms with van der Waals surface area (Å²) in [5, 5.41) is -3.86.